The Morgan fingerprint density at radius 2 is 1.87 bits per heavy atom. The molecule has 0 heterocycles. The van der Waals surface area contributed by atoms with Crippen LogP contribution in [0.25, 0.3) is 0 Å². The fourth-order valence-electron chi connectivity index (χ4n) is 1.98. The highest BCUT2D eigenvalue weighted by Gasteiger charge is 2.31. The lowest BCUT2D eigenvalue weighted by atomic mass is 10.1. The van der Waals surface area contributed by atoms with E-state index in [-0.39, 0.29) is 27.6 Å². The van der Waals surface area contributed by atoms with E-state index in [0.29, 0.717) is 0 Å². The zero-order valence-electron chi connectivity index (χ0n) is 12.2. The van der Waals surface area contributed by atoms with Crippen molar-refractivity contribution in [1.82, 2.24) is 0 Å². The molecule has 0 spiro atoms. The summed E-state index contributed by atoms with van der Waals surface area (Å²) in [6.07, 6.45) is 0. The Morgan fingerprint density at radius 1 is 1.22 bits per heavy atom. The molecule has 2 aromatic carbocycles. The molecule has 2 aromatic rings. The summed E-state index contributed by atoms with van der Waals surface area (Å²) in [6.45, 7) is 0. The molecule has 23 heavy (non-hydrogen) atoms. The van der Waals surface area contributed by atoms with Gasteiger partial charge in [0, 0.05) is 4.90 Å². The molecule has 0 amide bonds. The second-order valence-electron chi connectivity index (χ2n) is 4.28. The molecular formula is C15H12ClNO5S. The monoisotopic (exact) mass is 353 g/mol. The highest BCUT2D eigenvalue weighted by Crippen LogP contribution is 2.48. The number of halogens is 1. The van der Waals surface area contributed by atoms with Crippen LogP contribution in [-0.2, 0) is 0 Å². The summed E-state index contributed by atoms with van der Waals surface area (Å²) in [6, 6.07) is 10.3. The Morgan fingerprint density at radius 3 is 2.35 bits per heavy atom. The molecule has 0 aromatic heterocycles. The van der Waals surface area contributed by atoms with Gasteiger partial charge in [0.25, 0.3) is 5.24 Å². The minimum atomic E-state index is -0.813. The highest BCUT2D eigenvalue weighted by molar-refractivity contribution is 7.99. The van der Waals surface area contributed by atoms with Gasteiger partial charge in [-0.3, -0.25) is 14.9 Å². The average Bonchev–Trinajstić information content (AvgIpc) is 2.54. The van der Waals surface area contributed by atoms with E-state index in [1.54, 1.807) is 24.3 Å². The maximum Gasteiger partial charge on any atom is 0.329 e. The molecule has 120 valence electrons. The first-order valence-corrected chi connectivity index (χ1v) is 7.55. The highest BCUT2D eigenvalue weighted by atomic mass is 35.5. The number of carbonyl (C=O) groups excluding carboxylic acids is 1. The van der Waals surface area contributed by atoms with Crippen molar-refractivity contribution in [2.24, 2.45) is 0 Å². The number of hydrogen-bond donors (Lipinski definition) is 0. The van der Waals surface area contributed by atoms with Crippen molar-refractivity contribution in [2.45, 2.75) is 9.79 Å². The topological polar surface area (TPSA) is 78.7 Å². The van der Waals surface area contributed by atoms with E-state index in [1.165, 1.54) is 20.3 Å². The Labute approximate surface area is 141 Å². The number of nitro groups is 1. The van der Waals surface area contributed by atoms with Crippen LogP contribution in [0.4, 0.5) is 5.69 Å². The standard InChI is InChI=1S/C15H12ClNO5S/c1-21-11-8-10(15(16)18)14(12(17(19)20)13(11)22-2)23-9-6-4-3-5-7-9/h3-8H,1-2H3. The molecule has 0 radical (unpaired) electrons. The predicted octanol–water partition coefficient (Wildman–Crippen LogP) is 4.14. The quantitative estimate of drug-likeness (QED) is 0.441. The van der Waals surface area contributed by atoms with E-state index >= 15 is 0 Å². The molecular weight excluding hydrogens is 342 g/mol. The Hall–Kier alpha value is -2.25. The number of benzene rings is 2. The lowest BCUT2D eigenvalue weighted by molar-refractivity contribution is -0.388. The number of carbonyl (C=O) groups is 1. The van der Waals surface area contributed by atoms with Gasteiger partial charge in [0.05, 0.1) is 24.7 Å². The van der Waals surface area contributed by atoms with Gasteiger partial charge < -0.3 is 9.47 Å². The first kappa shape index (κ1) is 17.1. The average molecular weight is 354 g/mol. The SMILES string of the molecule is COc1cc(C(=O)Cl)c(Sc2ccccc2)c([N+](=O)[O-])c1OC. The molecule has 8 heteroatoms. The number of nitrogens with zero attached hydrogens (tertiary/aromatic N) is 1. The van der Waals surface area contributed by atoms with Crippen LogP contribution in [0.1, 0.15) is 10.4 Å². The van der Waals surface area contributed by atoms with E-state index in [1.807, 2.05) is 6.07 Å². The van der Waals surface area contributed by atoms with E-state index in [9.17, 15) is 14.9 Å². The molecule has 6 nitrogen and oxygen atoms in total. The Balaban J connectivity index is 2.74. The summed E-state index contributed by atoms with van der Waals surface area (Å²) >= 11 is 6.67. The van der Waals surface area contributed by atoms with Crippen LogP contribution in [-0.4, -0.2) is 24.4 Å². The van der Waals surface area contributed by atoms with Gasteiger partial charge in [0.15, 0.2) is 5.75 Å². The third-order valence-electron chi connectivity index (χ3n) is 2.96. The lowest BCUT2D eigenvalue weighted by Crippen LogP contribution is -2.04. The minimum absolute atomic E-state index is 0.00938. The van der Waals surface area contributed by atoms with Gasteiger partial charge >= 0.3 is 5.69 Å². The molecule has 0 saturated carbocycles. The zero-order chi connectivity index (χ0) is 17.0. The van der Waals surface area contributed by atoms with Crippen LogP contribution in [0.15, 0.2) is 46.2 Å². The van der Waals surface area contributed by atoms with Crippen molar-refractivity contribution < 1.29 is 19.2 Å². The molecule has 0 aliphatic heterocycles. The molecule has 0 aliphatic rings. The van der Waals surface area contributed by atoms with Crippen LogP contribution in [0.3, 0.4) is 0 Å². The molecule has 0 bridgehead atoms. The van der Waals surface area contributed by atoms with Crippen molar-refractivity contribution in [1.29, 1.82) is 0 Å². The van der Waals surface area contributed by atoms with E-state index in [2.05, 4.69) is 0 Å². The summed E-state index contributed by atoms with van der Waals surface area (Å²) in [5, 5.41) is 10.7. The third-order valence-corrected chi connectivity index (χ3v) is 4.28. The normalized spacial score (nSPS) is 10.2. The van der Waals surface area contributed by atoms with E-state index < -0.39 is 10.2 Å². The number of nitro benzene ring substituents is 1. The van der Waals surface area contributed by atoms with Crippen molar-refractivity contribution in [2.75, 3.05) is 14.2 Å². The number of hydrogen-bond acceptors (Lipinski definition) is 6. The third kappa shape index (κ3) is 3.57. The molecule has 0 fully saturated rings. The first-order valence-electron chi connectivity index (χ1n) is 6.35. The summed E-state index contributed by atoms with van der Waals surface area (Å²) in [5.41, 5.74) is -0.366. The van der Waals surface area contributed by atoms with Gasteiger partial charge in [0.2, 0.25) is 5.75 Å². The largest absolute Gasteiger partial charge is 0.493 e. The number of ether oxygens (including phenoxy) is 2. The molecule has 0 atom stereocenters. The second-order valence-corrected chi connectivity index (χ2v) is 5.71. The lowest BCUT2D eigenvalue weighted by Gasteiger charge is -2.13. The Bertz CT molecular complexity index is 751. The predicted molar refractivity (Wildman–Crippen MR) is 86.9 cm³/mol. The second kappa shape index (κ2) is 7.34. The van der Waals surface area contributed by atoms with Crippen LogP contribution < -0.4 is 9.47 Å². The van der Waals surface area contributed by atoms with Gasteiger partial charge in [-0.2, -0.15) is 0 Å². The Kier molecular flexibility index (Phi) is 5.46. The molecule has 0 saturated heterocycles. The number of methoxy groups -OCH3 is 2. The first-order chi connectivity index (χ1) is 11.0. The van der Waals surface area contributed by atoms with E-state index in [4.69, 9.17) is 21.1 Å². The number of rotatable bonds is 6. The minimum Gasteiger partial charge on any atom is -0.493 e. The molecule has 0 N–H and O–H groups in total. The smallest absolute Gasteiger partial charge is 0.329 e. The van der Waals surface area contributed by atoms with Crippen molar-refractivity contribution in [3.05, 3.63) is 52.1 Å². The van der Waals surface area contributed by atoms with Crippen LogP contribution >= 0.6 is 23.4 Å². The van der Waals surface area contributed by atoms with Gasteiger partial charge in [-0.15, -0.1) is 0 Å². The molecule has 0 unspecified atom stereocenters. The maximum atomic E-state index is 11.7. The van der Waals surface area contributed by atoms with Gasteiger partial charge in [-0.25, -0.2) is 0 Å². The van der Waals surface area contributed by atoms with Crippen LogP contribution in [0.5, 0.6) is 11.5 Å². The molecule has 2 rings (SSSR count). The summed E-state index contributed by atoms with van der Waals surface area (Å²) in [7, 11) is 2.62. The van der Waals surface area contributed by atoms with E-state index in [0.717, 1.165) is 16.7 Å². The van der Waals surface area contributed by atoms with Gasteiger partial charge in [0.1, 0.15) is 4.90 Å². The van der Waals surface area contributed by atoms with Gasteiger partial charge in [-0.1, -0.05) is 30.0 Å². The summed E-state index contributed by atoms with van der Waals surface area (Å²) < 4.78 is 10.2. The fourth-order valence-corrected chi connectivity index (χ4v) is 3.24. The summed E-state index contributed by atoms with van der Waals surface area (Å²) in [4.78, 5) is 23.5. The fraction of sp³-hybridized carbons (Fsp3) is 0.133. The van der Waals surface area contributed by atoms with Crippen molar-refractivity contribution >= 4 is 34.3 Å². The van der Waals surface area contributed by atoms with Gasteiger partial charge in [-0.05, 0) is 29.8 Å². The molecule has 0 aliphatic carbocycles. The summed E-state index contributed by atoms with van der Waals surface area (Å²) in [5.74, 6) is 0.0122. The van der Waals surface area contributed by atoms with Crippen LogP contribution in [0.2, 0.25) is 0 Å². The van der Waals surface area contributed by atoms with Crippen molar-refractivity contribution in [3.8, 4) is 11.5 Å². The van der Waals surface area contributed by atoms with Crippen molar-refractivity contribution in [3.63, 3.8) is 0 Å². The van der Waals surface area contributed by atoms with Crippen LogP contribution in [0, 0.1) is 10.1 Å². The zero-order valence-corrected chi connectivity index (χ0v) is 13.8. The maximum absolute atomic E-state index is 11.7.